The van der Waals surface area contributed by atoms with Gasteiger partial charge in [-0.15, -0.1) is 0 Å². The molecule has 2 amide bonds. The van der Waals surface area contributed by atoms with Gasteiger partial charge in [-0.05, 0) is 30.4 Å². The Labute approximate surface area is 210 Å². The normalized spacial score (nSPS) is 21.3. The van der Waals surface area contributed by atoms with Gasteiger partial charge >= 0.3 is 6.18 Å². The van der Waals surface area contributed by atoms with Crippen LogP contribution >= 0.6 is 0 Å². The Bertz CT molecular complexity index is 1170. The van der Waals surface area contributed by atoms with Gasteiger partial charge in [0, 0.05) is 50.2 Å². The van der Waals surface area contributed by atoms with Crippen LogP contribution in [0, 0.1) is 17.0 Å². The Morgan fingerprint density at radius 1 is 1.05 bits per heavy atom. The van der Waals surface area contributed by atoms with Crippen LogP contribution in [0.25, 0.3) is 0 Å². The highest BCUT2D eigenvalue weighted by atomic mass is 19.4. The van der Waals surface area contributed by atoms with Gasteiger partial charge in [0.25, 0.3) is 11.5 Å². The summed E-state index contributed by atoms with van der Waals surface area (Å²) in [5, 5.41) is 2.68. The molecule has 2 aliphatic rings. The summed E-state index contributed by atoms with van der Waals surface area (Å²) in [6, 6.07) is 8.91. The first-order chi connectivity index (χ1) is 17.5. The molecule has 0 saturated carbocycles. The van der Waals surface area contributed by atoms with Crippen LogP contribution in [0.5, 0.6) is 5.75 Å². The number of nitrogens with zero attached hydrogens (tertiary/aromatic N) is 1. The van der Waals surface area contributed by atoms with E-state index >= 15 is 4.39 Å². The maximum Gasteiger partial charge on any atom is 0.430 e. The third-order valence-electron chi connectivity index (χ3n) is 7.65. The van der Waals surface area contributed by atoms with Gasteiger partial charge in [-0.3, -0.25) is 9.59 Å². The first-order valence-electron chi connectivity index (χ1n) is 11.8. The standard InChI is InChI=1S/C26H27F5N2O4/c1-36-19-9-8-18(27)22(28)21(19)17-15-32-20(34)14-24(17)10-12-33(13-11-24)23(35)25(37-2,26(29,30)31)16-6-4-3-5-7-16/h3-9,17H,10-15H2,1-2H3,(H,32,34)/t17-,25+/m0/s1. The van der Waals surface area contributed by atoms with E-state index in [1.807, 2.05) is 0 Å². The second kappa shape index (κ2) is 9.92. The zero-order valence-corrected chi connectivity index (χ0v) is 20.3. The van der Waals surface area contributed by atoms with Crippen molar-refractivity contribution in [2.24, 2.45) is 5.41 Å². The number of carbonyl (C=O) groups is 2. The highest BCUT2D eigenvalue weighted by molar-refractivity contribution is 5.88. The lowest BCUT2D eigenvalue weighted by molar-refractivity contribution is -0.271. The van der Waals surface area contributed by atoms with Crippen molar-refractivity contribution in [3.05, 3.63) is 65.2 Å². The van der Waals surface area contributed by atoms with E-state index in [-0.39, 0.29) is 61.7 Å². The molecule has 2 aliphatic heterocycles. The average molecular weight is 527 g/mol. The third-order valence-corrected chi connectivity index (χ3v) is 7.65. The average Bonchev–Trinajstić information content (AvgIpc) is 2.87. The summed E-state index contributed by atoms with van der Waals surface area (Å²) in [5.41, 5.74) is -4.51. The minimum atomic E-state index is -5.05. The number of nitrogens with one attached hydrogen (secondary N) is 1. The number of halogens is 5. The fourth-order valence-corrected chi connectivity index (χ4v) is 5.70. The van der Waals surface area contributed by atoms with Crippen molar-refractivity contribution in [3.63, 3.8) is 0 Å². The summed E-state index contributed by atoms with van der Waals surface area (Å²) < 4.78 is 82.6. The number of benzene rings is 2. The Kier molecular flexibility index (Phi) is 7.20. The fraction of sp³-hybridized carbons (Fsp3) is 0.462. The lowest BCUT2D eigenvalue weighted by atomic mass is 9.62. The van der Waals surface area contributed by atoms with Crippen LogP contribution in [0.3, 0.4) is 0 Å². The van der Waals surface area contributed by atoms with Crippen molar-refractivity contribution >= 4 is 11.8 Å². The van der Waals surface area contributed by atoms with Crippen molar-refractivity contribution in [1.82, 2.24) is 10.2 Å². The molecule has 4 rings (SSSR count). The SMILES string of the molecule is COc1ccc(F)c(F)c1[C@@H]1CNC(=O)CC12CCN(C(=O)[C@](OC)(c1ccccc1)C(F)(F)F)CC2. The Hall–Kier alpha value is -3.21. The molecule has 6 nitrogen and oxygen atoms in total. The zero-order chi connectivity index (χ0) is 27.0. The van der Waals surface area contributed by atoms with Gasteiger partial charge in [-0.1, -0.05) is 30.3 Å². The number of carbonyl (C=O) groups excluding carboxylic acids is 2. The molecule has 2 aromatic carbocycles. The van der Waals surface area contributed by atoms with Crippen LogP contribution in [0.15, 0.2) is 42.5 Å². The molecule has 0 unspecified atom stereocenters. The van der Waals surface area contributed by atoms with Crippen LogP contribution in [-0.2, 0) is 19.9 Å². The van der Waals surface area contributed by atoms with Crippen molar-refractivity contribution in [2.45, 2.75) is 37.0 Å². The van der Waals surface area contributed by atoms with E-state index in [1.165, 1.54) is 43.5 Å². The number of likely N-dealkylation sites (tertiary alicyclic amines) is 1. The van der Waals surface area contributed by atoms with Crippen LogP contribution in [0.4, 0.5) is 22.0 Å². The predicted molar refractivity (Wildman–Crippen MR) is 123 cm³/mol. The van der Waals surface area contributed by atoms with E-state index < -0.39 is 40.7 Å². The number of rotatable bonds is 5. The molecule has 1 N–H and O–H groups in total. The molecule has 0 aliphatic carbocycles. The molecular weight excluding hydrogens is 499 g/mol. The van der Waals surface area contributed by atoms with Gasteiger partial charge in [-0.25, -0.2) is 8.78 Å². The van der Waals surface area contributed by atoms with Crippen LogP contribution < -0.4 is 10.1 Å². The minimum absolute atomic E-state index is 0.00190. The van der Waals surface area contributed by atoms with E-state index in [0.717, 1.165) is 18.1 Å². The Balaban J connectivity index is 1.68. The van der Waals surface area contributed by atoms with Crippen LogP contribution in [0.2, 0.25) is 0 Å². The van der Waals surface area contributed by atoms with Crippen molar-refractivity contribution in [2.75, 3.05) is 33.9 Å². The maximum atomic E-state index is 15.0. The minimum Gasteiger partial charge on any atom is -0.496 e. The van der Waals surface area contributed by atoms with Gasteiger partial charge in [0.15, 0.2) is 11.6 Å². The molecular formula is C26H27F5N2O4. The Morgan fingerprint density at radius 2 is 1.70 bits per heavy atom. The molecule has 0 aromatic heterocycles. The topological polar surface area (TPSA) is 67.9 Å². The largest absolute Gasteiger partial charge is 0.496 e. The molecule has 0 bridgehead atoms. The second-order valence-electron chi connectivity index (χ2n) is 9.41. The summed E-state index contributed by atoms with van der Waals surface area (Å²) in [5.74, 6) is -4.35. The summed E-state index contributed by atoms with van der Waals surface area (Å²) in [6.45, 7) is -0.260. The third kappa shape index (κ3) is 4.43. The van der Waals surface area contributed by atoms with Gasteiger partial charge in [0.05, 0.1) is 7.11 Å². The van der Waals surface area contributed by atoms with E-state index in [9.17, 15) is 27.2 Å². The number of ether oxygens (including phenoxy) is 2. The Morgan fingerprint density at radius 3 is 2.27 bits per heavy atom. The van der Waals surface area contributed by atoms with Crippen molar-refractivity contribution in [1.29, 1.82) is 0 Å². The van der Waals surface area contributed by atoms with E-state index in [4.69, 9.17) is 9.47 Å². The lowest BCUT2D eigenvalue weighted by Gasteiger charge is -2.50. The number of methoxy groups -OCH3 is 2. The van der Waals surface area contributed by atoms with Gasteiger partial charge < -0.3 is 19.7 Å². The van der Waals surface area contributed by atoms with Crippen LogP contribution in [-0.4, -0.2) is 56.7 Å². The zero-order valence-electron chi connectivity index (χ0n) is 20.3. The molecule has 2 fully saturated rings. The first-order valence-corrected chi connectivity index (χ1v) is 11.8. The molecule has 0 radical (unpaired) electrons. The molecule has 2 heterocycles. The molecule has 1 spiro atoms. The highest BCUT2D eigenvalue weighted by Gasteiger charge is 2.64. The van der Waals surface area contributed by atoms with Gasteiger partial charge in [0.2, 0.25) is 5.91 Å². The van der Waals surface area contributed by atoms with E-state index in [2.05, 4.69) is 5.32 Å². The molecule has 200 valence electrons. The number of amides is 2. The molecule has 2 saturated heterocycles. The van der Waals surface area contributed by atoms with E-state index in [0.29, 0.717) is 0 Å². The summed E-state index contributed by atoms with van der Waals surface area (Å²) >= 11 is 0. The number of piperidine rings is 2. The van der Waals surface area contributed by atoms with Gasteiger partial charge in [0.1, 0.15) is 5.75 Å². The second-order valence-corrected chi connectivity index (χ2v) is 9.41. The molecule has 11 heteroatoms. The monoisotopic (exact) mass is 526 g/mol. The number of hydrogen-bond acceptors (Lipinski definition) is 4. The van der Waals surface area contributed by atoms with Gasteiger partial charge in [-0.2, -0.15) is 13.2 Å². The van der Waals surface area contributed by atoms with Crippen molar-refractivity contribution < 1.29 is 41.0 Å². The summed E-state index contributed by atoms with van der Waals surface area (Å²) in [7, 11) is 2.15. The van der Waals surface area contributed by atoms with Crippen molar-refractivity contribution in [3.8, 4) is 5.75 Å². The smallest absolute Gasteiger partial charge is 0.430 e. The van der Waals surface area contributed by atoms with E-state index in [1.54, 1.807) is 0 Å². The molecule has 2 atom stereocenters. The quantitative estimate of drug-likeness (QED) is 0.591. The lowest BCUT2D eigenvalue weighted by Crippen LogP contribution is -2.60. The predicted octanol–water partition coefficient (Wildman–Crippen LogP) is 4.29. The molecule has 37 heavy (non-hydrogen) atoms. The fourth-order valence-electron chi connectivity index (χ4n) is 5.70. The summed E-state index contributed by atoms with van der Waals surface area (Å²) in [6.07, 6.45) is -4.91. The molecule has 2 aromatic rings. The number of hydrogen-bond donors (Lipinski definition) is 1. The highest BCUT2D eigenvalue weighted by Crippen LogP contribution is 2.52. The van der Waals surface area contributed by atoms with Crippen LogP contribution in [0.1, 0.15) is 36.3 Å². The summed E-state index contributed by atoms with van der Waals surface area (Å²) in [4.78, 5) is 26.9. The number of alkyl halides is 3. The first kappa shape index (κ1) is 26.8. The maximum absolute atomic E-state index is 15.0.